The standard InChI is InChI=1S/C62H37NO2S/c1-4-18-47-41(15-1)43-32-29-39(36-53(43)61(47)49-20-6-10-24-55(49)64-56-25-11-7-21-50(56)61)63(38-31-34-60-46(35-38)45-17-3-14-28-59(45)66-60)40-30-33-44-42-16-2-5-19-48(42)62(54(44)37-40)51-22-8-12-26-57(51)65-58-27-13-9-23-52(58)62/h1-37H. The molecule has 11 aromatic rings. The van der Waals surface area contributed by atoms with Crippen LogP contribution in [0.1, 0.15) is 44.5 Å². The van der Waals surface area contributed by atoms with Gasteiger partial charge in [0.25, 0.3) is 0 Å². The third kappa shape index (κ3) is 4.56. The van der Waals surface area contributed by atoms with Gasteiger partial charge in [0.1, 0.15) is 23.0 Å². The molecule has 0 radical (unpaired) electrons. The second-order valence-corrected chi connectivity index (χ2v) is 18.9. The summed E-state index contributed by atoms with van der Waals surface area (Å²) in [6, 6.07) is 82.6. The minimum Gasteiger partial charge on any atom is -0.457 e. The van der Waals surface area contributed by atoms with Crippen molar-refractivity contribution in [3.63, 3.8) is 0 Å². The van der Waals surface area contributed by atoms with Gasteiger partial charge in [-0.1, -0.05) is 152 Å². The zero-order valence-electron chi connectivity index (χ0n) is 35.5. The predicted molar refractivity (Wildman–Crippen MR) is 269 cm³/mol. The highest BCUT2D eigenvalue weighted by molar-refractivity contribution is 7.25. The SMILES string of the molecule is c1ccc2c(c1)Oc1ccccc1C21c2ccccc2-c2ccc(N(c3ccc4c(c3)C3(c5ccccc5Oc5ccccc53)c3ccccc3-4)c3ccc4sc5ccccc5c4c3)cc21. The molecule has 15 rings (SSSR count). The molecule has 2 aliphatic carbocycles. The van der Waals surface area contributed by atoms with Gasteiger partial charge in [-0.05, 0) is 117 Å². The van der Waals surface area contributed by atoms with Gasteiger partial charge in [0.05, 0.1) is 10.8 Å². The molecule has 1 aromatic heterocycles. The maximum Gasteiger partial charge on any atom is 0.132 e. The predicted octanol–water partition coefficient (Wildman–Crippen LogP) is 16.5. The van der Waals surface area contributed by atoms with Crippen LogP contribution in [0.15, 0.2) is 224 Å². The van der Waals surface area contributed by atoms with Crippen molar-refractivity contribution in [3.05, 3.63) is 269 Å². The molecule has 3 heterocycles. The third-order valence-electron chi connectivity index (χ3n) is 14.8. The third-order valence-corrected chi connectivity index (χ3v) is 15.9. The Labute approximate surface area is 386 Å². The van der Waals surface area contributed by atoms with Crippen LogP contribution in [0.2, 0.25) is 0 Å². The maximum atomic E-state index is 6.73. The minimum atomic E-state index is -0.605. The quantitative estimate of drug-likeness (QED) is 0.177. The molecule has 0 atom stereocenters. The summed E-state index contributed by atoms with van der Waals surface area (Å²) in [6.07, 6.45) is 0. The van der Waals surface area contributed by atoms with Crippen LogP contribution < -0.4 is 14.4 Å². The normalized spacial score (nSPS) is 14.5. The van der Waals surface area contributed by atoms with E-state index in [9.17, 15) is 0 Å². The van der Waals surface area contributed by atoms with Crippen molar-refractivity contribution in [1.29, 1.82) is 0 Å². The van der Waals surface area contributed by atoms with Gasteiger partial charge >= 0.3 is 0 Å². The molecule has 0 N–H and O–H groups in total. The molecular formula is C62H37NO2S. The molecule has 0 fully saturated rings. The van der Waals surface area contributed by atoms with Crippen molar-refractivity contribution in [1.82, 2.24) is 0 Å². The summed E-state index contributed by atoms with van der Waals surface area (Å²) >= 11 is 1.85. The lowest BCUT2D eigenvalue weighted by atomic mass is 9.66. The van der Waals surface area contributed by atoms with Gasteiger partial charge in [-0.15, -0.1) is 11.3 Å². The Morgan fingerprint density at radius 1 is 0.288 bits per heavy atom. The molecule has 0 saturated heterocycles. The van der Waals surface area contributed by atoms with Crippen LogP contribution in [0.4, 0.5) is 17.1 Å². The molecule has 0 saturated carbocycles. The highest BCUT2D eigenvalue weighted by Gasteiger charge is 2.53. The van der Waals surface area contributed by atoms with Crippen LogP contribution in [0, 0.1) is 0 Å². The number of benzene rings is 10. The number of ether oxygens (including phenoxy) is 2. The van der Waals surface area contributed by atoms with E-state index in [1.165, 1.54) is 64.7 Å². The summed E-state index contributed by atoms with van der Waals surface area (Å²) in [5.41, 5.74) is 16.7. The first-order chi connectivity index (χ1) is 32.7. The van der Waals surface area contributed by atoms with E-state index < -0.39 is 10.8 Å². The molecule has 0 amide bonds. The summed E-state index contributed by atoms with van der Waals surface area (Å²) in [4.78, 5) is 2.49. The first-order valence-corrected chi connectivity index (χ1v) is 23.5. The molecule has 0 unspecified atom stereocenters. The lowest BCUT2D eigenvalue weighted by Gasteiger charge is -2.40. The van der Waals surface area contributed by atoms with Crippen molar-refractivity contribution < 1.29 is 9.47 Å². The Kier molecular flexibility index (Phi) is 7.24. The maximum absolute atomic E-state index is 6.73. The number of fused-ring (bicyclic) bond motifs is 21. The fourth-order valence-corrected chi connectivity index (χ4v) is 13.3. The highest BCUT2D eigenvalue weighted by atomic mass is 32.1. The molecule has 66 heavy (non-hydrogen) atoms. The lowest BCUT2D eigenvalue weighted by Crippen LogP contribution is -2.32. The van der Waals surface area contributed by atoms with Crippen molar-refractivity contribution in [2.45, 2.75) is 10.8 Å². The molecular weight excluding hydrogens is 823 g/mol. The molecule has 4 aliphatic rings. The van der Waals surface area contributed by atoms with E-state index >= 15 is 0 Å². The van der Waals surface area contributed by atoms with Crippen LogP contribution in [-0.2, 0) is 10.8 Å². The number of para-hydroxylation sites is 4. The molecule has 2 spiro atoms. The van der Waals surface area contributed by atoms with E-state index in [1.807, 2.05) is 11.3 Å². The Morgan fingerprint density at radius 3 is 1.15 bits per heavy atom. The molecule has 10 aromatic carbocycles. The van der Waals surface area contributed by atoms with Crippen molar-refractivity contribution in [2.24, 2.45) is 0 Å². The zero-order chi connectivity index (χ0) is 43.1. The lowest BCUT2D eigenvalue weighted by molar-refractivity contribution is 0.436. The second kappa shape index (κ2) is 13.2. The Morgan fingerprint density at radius 2 is 0.652 bits per heavy atom. The molecule has 2 aliphatic heterocycles. The summed E-state index contributed by atoms with van der Waals surface area (Å²) in [6.45, 7) is 0. The van der Waals surface area contributed by atoms with Crippen LogP contribution in [0.5, 0.6) is 23.0 Å². The fraction of sp³-hybridized carbons (Fsp3) is 0.0323. The van der Waals surface area contributed by atoms with E-state index in [4.69, 9.17) is 9.47 Å². The van der Waals surface area contributed by atoms with Crippen LogP contribution in [-0.4, -0.2) is 0 Å². The second-order valence-electron chi connectivity index (χ2n) is 17.9. The monoisotopic (exact) mass is 859 g/mol. The summed E-state index contributed by atoms with van der Waals surface area (Å²) in [5, 5.41) is 2.53. The van der Waals surface area contributed by atoms with Gasteiger partial charge in [-0.2, -0.15) is 0 Å². The van der Waals surface area contributed by atoms with Gasteiger partial charge in [0, 0.05) is 59.5 Å². The topological polar surface area (TPSA) is 21.7 Å². The van der Waals surface area contributed by atoms with E-state index in [2.05, 4.69) is 229 Å². The molecule has 3 nitrogen and oxygen atoms in total. The van der Waals surface area contributed by atoms with E-state index in [0.717, 1.165) is 62.3 Å². The van der Waals surface area contributed by atoms with Gasteiger partial charge in [-0.3, -0.25) is 0 Å². The summed E-state index contributed by atoms with van der Waals surface area (Å²) in [5.74, 6) is 3.54. The molecule has 308 valence electrons. The van der Waals surface area contributed by atoms with Crippen molar-refractivity contribution >= 4 is 48.6 Å². The van der Waals surface area contributed by atoms with Gasteiger partial charge in [-0.25, -0.2) is 0 Å². The Balaban J connectivity index is 1.03. The number of nitrogens with zero attached hydrogens (tertiary/aromatic N) is 1. The van der Waals surface area contributed by atoms with Crippen LogP contribution in [0.3, 0.4) is 0 Å². The fourth-order valence-electron chi connectivity index (χ4n) is 12.3. The number of hydrogen-bond donors (Lipinski definition) is 0. The number of hydrogen-bond acceptors (Lipinski definition) is 4. The van der Waals surface area contributed by atoms with E-state index in [1.54, 1.807) is 0 Å². The first kappa shape index (κ1) is 36.2. The van der Waals surface area contributed by atoms with E-state index in [-0.39, 0.29) is 0 Å². The number of thiophene rings is 1. The Hall–Kier alpha value is -8.18. The van der Waals surface area contributed by atoms with Crippen molar-refractivity contribution in [3.8, 4) is 45.3 Å². The largest absolute Gasteiger partial charge is 0.457 e. The van der Waals surface area contributed by atoms with Crippen LogP contribution in [0.25, 0.3) is 42.4 Å². The summed E-state index contributed by atoms with van der Waals surface area (Å²) in [7, 11) is 0. The highest BCUT2D eigenvalue weighted by Crippen LogP contribution is 2.65. The average Bonchev–Trinajstić information content (AvgIpc) is 3.99. The van der Waals surface area contributed by atoms with E-state index in [0.29, 0.717) is 0 Å². The number of rotatable bonds is 3. The smallest absolute Gasteiger partial charge is 0.132 e. The van der Waals surface area contributed by atoms with Crippen LogP contribution >= 0.6 is 11.3 Å². The Bertz CT molecular complexity index is 3590. The van der Waals surface area contributed by atoms with Crippen molar-refractivity contribution in [2.75, 3.05) is 4.90 Å². The average molecular weight is 860 g/mol. The van der Waals surface area contributed by atoms with Gasteiger partial charge in [0.2, 0.25) is 0 Å². The summed E-state index contributed by atoms with van der Waals surface area (Å²) < 4.78 is 16.0. The number of anilines is 3. The minimum absolute atomic E-state index is 0.605. The van der Waals surface area contributed by atoms with Gasteiger partial charge in [0.15, 0.2) is 0 Å². The van der Waals surface area contributed by atoms with Gasteiger partial charge < -0.3 is 14.4 Å². The zero-order valence-corrected chi connectivity index (χ0v) is 36.4. The molecule has 0 bridgehead atoms. The molecule has 4 heteroatoms. The first-order valence-electron chi connectivity index (χ1n) is 22.7.